The van der Waals surface area contributed by atoms with Crippen LogP contribution in [0.25, 0.3) is 5.65 Å². The maximum atomic E-state index is 9.06. The Bertz CT molecular complexity index is 447. The molecule has 0 atom stereocenters. The number of hydrogen-bond donors (Lipinski definition) is 2. The van der Waals surface area contributed by atoms with Crippen LogP contribution in [-0.2, 0) is 6.61 Å². The Kier molecular flexibility index (Phi) is 1.70. The second-order valence-electron chi connectivity index (χ2n) is 3.07. The number of nitrogens with two attached hydrogens (primary N) is 1. The van der Waals surface area contributed by atoms with E-state index in [1.807, 2.05) is 17.5 Å². The molecule has 0 aromatic carbocycles. The molecule has 0 aliphatic rings. The number of fused-ring (bicyclic) bond motifs is 1. The lowest BCUT2D eigenvalue weighted by atomic mass is 10.2. The molecule has 0 amide bonds. The zero-order chi connectivity index (χ0) is 9.42. The van der Waals surface area contributed by atoms with Crippen molar-refractivity contribution >= 4 is 11.3 Å². The molecule has 0 radical (unpaired) electrons. The second-order valence-corrected chi connectivity index (χ2v) is 3.07. The number of aliphatic hydroxyl groups is 1. The lowest BCUT2D eigenvalue weighted by molar-refractivity contribution is 0.282. The highest BCUT2D eigenvalue weighted by molar-refractivity contribution is 5.55. The number of hydrogen-bond acceptors (Lipinski definition) is 3. The molecule has 4 nitrogen and oxygen atoms in total. The third-order valence-electron chi connectivity index (χ3n) is 1.94. The van der Waals surface area contributed by atoms with Gasteiger partial charge in [0.2, 0.25) is 0 Å². The molecule has 2 rings (SSSR count). The first-order valence-corrected chi connectivity index (χ1v) is 4.05. The highest BCUT2D eigenvalue weighted by Gasteiger charge is 2.04. The predicted molar refractivity (Wildman–Crippen MR) is 50.3 cm³/mol. The molecule has 4 heteroatoms. The number of aryl methyl sites for hydroxylation is 1. The Hall–Kier alpha value is -1.55. The van der Waals surface area contributed by atoms with Crippen LogP contribution in [0.5, 0.6) is 0 Å². The van der Waals surface area contributed by atoms with Crippen LogP contribution >= 0.6 is 0 Å². The van der Waals surface area contributed by atoms with Crippen molar-refractivity contribution in [2.45, 2.75) is 13.5 Å². The van der Waals surface area contributed by atoms with Crippen LogP contribution in [0.2, 0.25) is 0 Å². The zero-order valence-electron chi connectivity index (χ0n) is 7.36. The first-order chi connectivity index (χ1) is 6.20. The third-order valence-corrected chi connectivity index (χ3v) is 1.94. The molecule has 2 aromatic rings. The smallest absolute Gasteiger partial charge is 0.142 e. The number of imidazole rings is 1. The molecule has 13 heavy (non-hydrogen) atoms. The lowest BCUT2D eigenvalue weighted by Gasteiger charge is -2.01. The maximum Gasteiger partial charge on any atom is 0.142 e. The van der Waals surface area contributed by atoms with E-state index in [1.54, 1.807) is 12.3 Å². The molecule has 3 N–H and O–H groups in total. The van der Waals surface area contributed by atoms with Gasteiger partial charge in [-0.15, -0.1) is 0 Å². The van der Waals surface area contributed by atoms with E-state index >= 15 is 0 Å². The SMILES string of the molecule is Cc1cn2cc(N)cc(CO)c2n1. The minimum absolute atomic E-state index is 0.0367. The van der Waals surface area contributed by atoms with E-state index in [0.29, 0.717) is 5.69 Å². The molecule has 2 aromatic heterocycles. The van der Waals surface area contributed by atoms with Gasteiger partial charge in [0.05, 0.1) is 12.3 Å². The topological polar surface area (TPSA) is 63.5 Å². The highest BCUT2D eigenvalue weighted by atomic mass is 16.3. The van der Waals surface area contributed by atoms with Gasteiger partial charge in [-0.3, -0.25) is 0 Å². The van der Waals surface area contributed by atoms with E-state index < -0.39 is 0 Å². The molecular weight excluding hydrogens is 166 g/mol. The summed E-state index contributed by atoms with van der Waals surface area (Å²) in [6, 6.07) is 1.74. The summed E-state index contributed by atoms with van der Waals surface area (Å²) in [6.45, 7) is 1.87. The normalized spacial score (nSPS) is 10.9. The quantitative estimate of drug-likeness (QED) is 0.674. The fourth-order valence-electron chi connectivity index (χ4n) is 1.43. The minimum atomic E-state index is -0.0367. The number of aliphatic hydroxyl groups excluding tert-OH is 1. The Morgan fingerprint density at radius 1 is 1.54 bits per heavy atom. The first kappa shape index (κ1) is 8.07. The number of aromatic nitrogens is 2. The molecule has 2 heterocycles. The zero-order valence-corrected chi connectivity index (χ0v) is 7.36. The van der Waals surface area contributed by atoms with Crippen molar-refractivity contribution in [2.24, 2.45) is 0 Å². The molecule has 0 aliphatic heterocycles. The number of pyridine rings is 1. The summed E-state index contributed by atoms with van der Waals surface area (Å²) < 4.78 is 1.83. The summed E-state index contributed by atoms with van der Waals surface area (Å²) in [5.74, 6) is 0. The molecule has 0 saturated heterocycles. The van der Waals surface area contributed by atoms with Gasteiger partial charge in [0, 0.05) is 23.6 Å². The van der Waals surface area contributed by atoms with Crippen molar-refractivity contribution in [2.75, 3.05) is 5.73 Å². The molecule has 68 valence electrons. The monoisotopic (exact) mass is 177 g/mol. The van der Waals surface area contributed by atoms with E-state index in [2.05, 4.69) is 4.98 Å². The van der Waals surface area contributed by atoms with Crippen LogP contribution in [0.1, 0.15) is 11.3 Å². The average Bonchev–Trinajstić information content (AvgIpc) is 2.43. The fourth-order valence-corrected chi connectivity index (χ4v) is 1.43. The van der Waals surface area contributed by atoms with E-state index in [1.165, 1.54) is 0 Å². The molecule has 0 fully saturated rings. The van der Waals surface area contributed by atoms with E-state index in [9.17, 15) is 0 Å². The number of nitrogen functional groups attached to an aromatic ring is 1. The molecule has 0 aliphatic carbocycles. The Morgan fingerprint density at radius 3 is 3.00 bits per heavy atom. The fraction of sp³-hybridized carbons (Fsp3) is 0.222. The third kappa shape index (κ3) is 1.25. The minimum Gasteiger partial charge on any atom is -0.398 e. The van der Waals surface area contributed by atoms with Crippen LogP contribution in [0.4, 0.5) is 5.69 Å². The van der Waals surface area contributed by atoms with Gasteiger partial charge in [0.25, 0.3) is 0 Å². The van der Waals surface area contributed by atoms with E-state index in [0.717, 1.165) is 16.9 Å². The summed E-state index contributed by atoms with van der Waals surface area (Å²) in [5.41, 5.74) is 8.73. The van der Waals surface area contributed by atoms with Gasteiger partial charge in [-0.1, -0.05) is 0 Å². The van der Waals surface area contributed by atoms with Crippen LogP contribution in [0.15, 0.2) is 18.5 Å². The van der Waals surface area contributed by atoms with Crippen molar-refractivity contribution < 1.29 is 5.11 Å². The molecule has 0 saturated carbocycles. The summed E-state index contributed by atoms with van der Waals surface area (Å²) in [5, 5.41) is 9.06. The lowest BCUT2D eigenvalue weighted by Crippen LogP contribution is -1.95. The van der Waals surface area contributed by atoms with E-state index in [4.69, 9.17) is 10.8 Å². The van der Waals surface area contributed by atoms with Gasteiger partial charge in [-0.2, -0.15) is 0 Å². The Balaban J connectivity index is 2.80. The molecule has 0 unspecified atom stereocenters. The van der Waals surface area contributed by atoms with Crippen molar-refractivity contribution in [3.05, 3.63) is 29.7 Å². The average molecular weight is 177 g/mol. The van der Waals surface area contributed by atoms with Crippen LogP contribution in [0.3, 0.4) is 0 Å². The van der Waals surface area contributed by atoms with Crippen molar-refractivity contribution in [3.63, 3.8) is 0 Å². The Morgan fingerprint density at radius 2 is 2.31 bits per heavy atom. The molecule has 0 bridgehead atoms. The summed E-state index contributed by atoms with van der Waals surface area (Å²) in [6.07, 6.45) is 3.67. The van der Waals surface area contributed by atoms with Gasteiger partial charge in [-0.25, -0.2) is 4.98 Å². The summed E-state index contributed by atoms with van der Waals surface area (Å²) in [7, 11) is 0. The second kappa shape index (κ2) is 2.74. The standard InChI is InChI=1S/C9H11N3O/c1-6-3-12-4-8(10)2-7(5-13)9(12)11-6/h2-4,13H,5,10H2,1H3. The summed E-state index contributed by atoms with van der Waals surface area (Å²) >= 11 is 0. The van der Waals surface area contributed by atoms with Crippen LogP contribution < -0.4 is 5.73 Å². The number of anilines is 1. The van der Waals surface area contributed by atoms with Gasteiger partial charge < -0.3 is 15.2 Å². The van der Waals surface area contributed by atoms with Crippen LogP contribution in [-0.4, -0.2) is 14.5 Å². The van der Waals surface area contributed by atoms with Gasteiger partial charge in [0.15, 0.2) is 0 Å². The maximum absolute atomic E-state index is 9.06. The molecular formula is C9H11N3O. The van der Waals surface area contributed by atoms with Crippen molar-refractivity contribution in [3.8, 4) is 0 Å². The van der Waals surface area contributed by atoms with Crippen LogP contribution in [0, 0.1) is 6.92 Å². The number of nitrogens with zero attached hydrogens (tertiary/aromatic N) is 2. The van der Waals surface area contributed by atoms with E-state index in [-0.39, 0.29) is 6.61 Å². The Labute approximate surface area is 75.6 Å². The largest absolute Gasteiger partial charge is 0.398 e. The predicted octanol–water partition coefficient (Wildman–Crippen LogP) is 0.717. The summed E-state index contributed by atoms with van der Waals surface area (Å²) in [4.78, 5) is 4.27. The highest BCUT2D eigenvalue weighted by Crippen LogP contribution is 2.14. The number of rotatable bonds is 1. The molecule has 0 spiro atoms. The van der Waals surface area contributed by atoms with Gasteiger partial charge in [-0.05, 0) is 13.0 Å². The van der Waals surface area contributed by atoms with Crippen molar-refractivity contribution in [1.29, 1.82) is 0 Å². The van der Waals surface area contributed by atoms with Gasteiger partial charge >= 0.3 is 0 Å². The van der Waals surface area contributed by atoms with Gasteiger partial charge in [0.1, 0.15) is 5.65 Å². The van der Waals surface area contributed by atoms with Crippen molar-refractivity contribution in [1.82, 2.24) is 9.38 Å². The first-order valence-electron chi connectivity index (χ1n) is 4.05.